The molecule has 4 aromatic carbocycles. The van der Waals surface area contributed by atoms with Crippen LogP contribution in [0.25, 0.3) is 55.9 Å². The predicted octanol–water partition coefficient (Wildman–Crippen LogP) is 9.99. The monoisotopic (exact) mass is 879 g/mol. The first-order chi connectivity index (χ1) is 30.5. The summed E-state index contributed by atoms with van der Waals surface area (Å²) in [6.07, 6.45) is 8.06. The smallest absolute Gasteiger partial charge is 0.318 e. The first-order valence-electron chi connectivity index (χ1n) is 20.5. The van der Waals surface area contributed by atoms with Gasteiger partial charge in [-0.15, -0.1) is 0 Å². The zero-order chi connectivity index (χ0) is 44.4. The summed E-state index contributed by atoms with van der Waals surface area (Å²) >= 11 is 6.45. The van der Waals surface area contributed by atoms with Crippen LogP contribution < -0.4 is 26.6 Å². The van der Waals surface area contributed by atoms with Crippen LogP contribution in [0.3, 0.4) is 0 Å². The van der Waals surface area contributed by atoms with E-state index < -0.39 is 23.3 Å². The lowest BCUT2D eigenvalue weighted by Crippen LogP contribution is -2.25. The van der Waals surface area contributed by atoms with Crippen LogP contribution in [0.2, 0.25) is 5.02 Å². The second-order valence-corrected chi connectivity index (χ2v) is 15.4. The number of urea groups is 1. The van der Waals surface area contributed by atoms with Gasteiger partial charge in [-0.3, -0.25) is 13.6 Å². The number of amides is 3. The number of aromatic nitrogens is 6. The molecule has 18 heteroatoms. The topological polar surface area (TPSA) is 155 Å². The summed E-state index contributed by atoms with van der Waals surface area (Å²) in [6, 6.07) is 16.6. The molecule has 4 aromatic heterocycles. The Hall–Kier alpha value is -7.01. The van der Waals surface area contributed by atoms with Crippen LogP contribution in [0, 0.1) is 23.3 Å². The van der Waals surface area contributed by atoms with E-state index in [1.165, 1.54) is 7.05 Å². The summed E-state index contributed by atoms with van der Waals surface area (Å²) in [5, 5.41) is 14.9. The summed E-state index contributed by atoms with van der Waals surface area (Å²) < 4.78 is 59.5. The minimum absolute atomic E-state index is 0.207. The Labute approximate surface area is 363 Å². The molecule has 0 bridgehead atoms. The van der Waals surface area contributed by atoms with Crippen LogP contribution in [0.5, 0.6) is 0 Å². The van der Waals surface area contributed by atoms with E-state index in [9.17, 15) is 27.2 Å². The van der Waals surface area contributed by atoms with Crippen LogP contribution in [0.1, 0.15) is 56.3 Å². The molecule has 0 aliphatic heterocycles. The van der Waals surface area contributed by atoms with Gasteiger partial charge in [0.1, 0.15) is 0 Å². The van der Waals surface area contributed by atoms with Gasteiger partial charge in [0, 0.05) is 67.3 Å². The highest BCUT2D eigenvalue weighted by atomic mass is 35.5. The molecule has 63 heavy (non-hydrogen) atoms. The molecule has 1 saturated carbocycles. The summed E-state index contributed by atoms with van der Waals surface area (Å²) in [7, 11) is 1.54. The summed E-state index contributed by atoms with van der Waals surface area (Å²) in [6.45, 7) is 5.44. The van der Waals surface area contributed by atoms with Crippen LogP contribution in [-0.2, 0) is 0 Å². The van der Waals surface area contributed by atoms with Gasteiger partial charge in [-0.05, 0) is 49.9 Å². The highest BCUT2D eigenvalue weighted by Gasteiger charge is 2.25. The van der Waals surface area contributed by atoms with Gasteiger partial charge in [0.25, 0.3) is 5.91 Å². The minimum atomic E-state index is -0.970. The molecule has 1 aliphatic rings. The maximum atomic E-state index is 14.2. The number of unbranched alkanes of at least 4 members (excludes halogenated alkanes) is 1. The molecular weight excluding hydrogens is 838 g/mol. The summed E-state index contributed by atoms with van der Waals surface area (Å²) in [5.74, 6) is -3.07. The molecule has 8 aromatic rings. The fraction of sp³-hybridized carbons (Fsp3) is 0.244. The molecule has 0 atom stereocenters. The van der Waals surface area contributed by atoms with Crippen molar-refractivity contribution in [1.82, 2.24) is 39.4 Å². The molecule has 3 amide bonds. The van der Waals surface area contributed by atoms with Crippen molar-refractivity contribution in [1.29, 1.82) is 0 Å². The molecule has 0 unspecified atom stereocenters. The Bertz CT molecular complexity index is 3030. The number of carbonyl (C=O) groups excluding carboxylic acids is 2. The average Bonchev–Trinajstić information content (AvgIpc) is 3.78. The molecule has 4 heterocycles. The summed E-state index contributed by atoms with van der Waals surface area (Å²) in [4.78, 5) is 41.8. The predicted molar refractivity (Wildman–Crippen MR) is 237 cm³/mol. The maximum absolute atomic E-state index is 14.2. The van der Waals surface area contributed by atoms with E-state index in [0.717, 1.165) is 61.9 Å². The standard InChI is InChI=1S/C24H22ClF2N5O.C21H20F2N6O/c1-2-3-8-28-22-23-29-12-21(32(23)20-11-18(27)17(26)10-19(20)31-22)13-4-7-15(16(25)9-13)24(33)30-14-5-6-14;1-3-8-25-19-20-26-11-18(12-4-6-13(7-5-12)27-21(30)24-2)29(20)17-10-15(23)14(22)9-16(17)28-19/h4,7,9-12,14H,2-3,5-6,8H2,1H3,(H,28,31)(H,30,33);4-7,9-11H,3,8H2,1-2H3,(H,25,28)(H2,24,27,30). The van der Waals surface area contributed by atoms with Gasteiger partial charge in [-0.25, -0.2) is 42.3 Å². The second kappa shape index (κ2) is 18.1. The molecule has 0 saturated heterocycles. The Morgan fingerprint density at radius 1 is 0.714 bits per heavy atom. The third-order valence-corrected chi connectivity index (χ3v) is 10.7. The number of nitrogens with zero attached hydrogens (tertiary/aromatic N) is 6. The van der Waals surface area contributed by atoms with E-state index in [4.69, 9.17) is 11.6 Å². The fourth-order valence-electron chi connectivity index (χ4n) is 6.99. The molecule has 13 nitrogen and oxygen atoms in total. The third kappa shape index (κ3) is 8.86. The highest BCUT2D eigenvalue weighted by molar-refractivity contribution is 6.34. The van der Waals surface area contributed by atoms with Gasteiger partial charge in [0.2, 0.25) is 0 Å². The highest BCUT2D eigenvalue weighted by Crippen LogP contribution is 2.33. The Balaban J connectivity index is 0.000000174. The lowest BCUT2D eigenvalue weighted by Gasteiger charge is -2.12. The zero-order valence-corrected chi connectivity index (χ0v) is 35.2. The van der Waals surface area contributed by atoms with Crippen molar-refractivity contribution in [3.05, 3.63) is 113 Å². The Morgan fingerprint density at radius 3 is 1.78 bits per heavy atom. The van der Waals surface area contributed by atoms with E-state index >= 15 is 0 Å². The third-order valence-electron chi connectivity index (χ3n) is 10.4. The van der Waals surface area contributed by atoms with E-state index in [-0.39, 0.29) is 18.0 Å². The molecule has 5 N–H and O–H groups in total. The number of hydrogen-bond donors (Lipinski definition) is 5. The number of nitrogens with one attached hydrogen (secondary N) is 5. The van der Waals surface area contributed by atoms with E-state index in [2.05, 4.69) is 53.4 Å². The Kier molecular flexibility index (Phi) is 12.3. The lowest BCUT2D eigenvalue weighted by atomic mass is 10.1. The number of anilines is 3. The van der Waals surface area contributed by atoms with Gasteiger partial charge in [0.15, 0.2) is 46.2 Å². The van der Waals surface area contributed by atoms with E-state index in [1.54, 1.807) is 51.5 Å². The van der Waals surface area contributed by atoms with Gasteiger partial charge in [-0.1, -0.05) is 50.1 Å². The first-order valence-corrected chi connectivity index (χ1v) is 20.9. The second-order valence-electron chi connectivity index (χ2n) is 15.0. The number of benzene rings is 4. The quantitative estimate of drug-likeness (QED) is 0.0600. The van der Waals surface area contributed by atoms with Crippen molar-refractivity contribution in [2.24, 2.45) is 0 Å². The average molecular weight is 880 g/mol. The van der Waals surface area contributed by atoms with Crippen molar-refractivity contribution in [3.63, 3.8) is 0 Å². The lowest BCUT2D eigenvalue weighted by molar-refractivity contribution is 0.0951. The van der Waals surface area contributed by atoms with Crippen LogP contribution in [0.4, 0.5) is 39.7 Å². The number of fused-ring (bicyclic) bond motifs is 6. The van der Waals surface area contributed by atoms with Gasteiger partial charge < -0.3 is 26.6 Å². The Morgan fingerprint density at radius 2 is 1.25 bits per heavy atom. The molecule has 1 aliphatic carbocycles. The molecule has 0 spiro atoms. The van der Waals surface area contributed by atoms with Crippen molar-refractivity contribution in [2.45, 2.75) is 52.0 Å². The van der Waals surface area contributed by atoms with Crippen LogP contribution >= 0.6 is 11.6 Å². The molecule has 324 valence electrons. The fourth-order valence-corrected chi connectivity index (χ4v) is 7.26. The minimum Gasteiger partial charge on any atom is -0.367 e. The number of hydrogen-bond acceptors (Lipinski definition) is 8. The van der Waals surface area contributed by atoms with Crippen molar-refractivity contribution < 1.29 is 27.2 Å². The number of carbonyl (C=O) groups is 2. The number of rotatable bonds is 12. The molecular formula is C45H42ClF4N11O2. The van der Waals surface area contributed by atoms with E-state index in [0.29, 0.717) is 91.3 Å². The van der Waals surface area contributed by atoms with Crippen LogP contribution in [-0.4, -0.2) is 66.9 Å². The maximum Gasteiger partial charge on any atom is 0.318 e. The number of imidazole rings is 2. The van der Waals surface area contributed by atoms with Gasteiger partial charge >= 0.3 is 6.03 Å². The van der Waals surface area contributed by atoms with Crippen molar-refractivity contribution in [3.8, 4) is 22.5 Å². The van der Waals surface area contributed by atoms with Gasteiger partial charge in [0.05, 0.1) is 56.4 Å². The molecule has 0 radical (unpaired) electrons. The zero-order valence-electron chi connectivity index (χ0n) is 34.4. The summed E-state index contributed by atoms with van der Waals surface area (Å²) in [5.41, 5.74) is 6.22. The molecule has 9 rings (SSSR count). The van der Waals surface area contributed by atoms with Crippen molar-refractivity contribution >= 4 is 74.2 Å². The SMILES string of the molecule is CCCCNc1nc2cc(F)c(F)cc2n2c(-c3ccc(C(=O)NC4CC4)c(Cl)c3)cnc12.CCCNc1nc2cc(F)c(F)cc2n2c(-c3ccc(NC(=O)NC)cc3)cnc12. The van der Waals surface area contributed by atoms with Crippen molar-refractivity contribution in [2.75, 3.05) is 36.1 Å². The largest absolute Gasteiger partial charge is 0.367 e. The van der Waals surface area contributed by atoms with E-state index in [1.807, 2.05) is 19.1 Å². The number of halogens is 5. The van der Waals surface area contributed by atoms with Gasteiger partial charge in [-0.2, -0.15) is 0 Å². The normalized spacial score (nSPS) is 12.4. The van der Waals surface area contributed by atoms with Crippen LogP contribution in [0.15, 0.2) is 79.1 Å². The first kappa shape index (κ1) is 42.7. The molecule has 1 fully saturated rings.